The Labute approximate surface area is 62.7 Å². The van der Waals surface area contributed by atoms with Crippen molar-refractivity contribution in [3.63, 3.8) is 0 Å². The molecule has 1 aliphatic rings. The van der Waals surface area contributed by atoms with Crippen LogP contribution in [-0.2, 0) is 4.79 Å². The molecule has 0 atom stereocenters. The molecule has 52 valence electrons. The van der Waals surface area contributed by atoms with Gasteiger partial charge in [-0.1, -0.05) is 12.7 Å². The van der Waals surface area contributed by atoms with Gasteiger partial charge in [-0.15, -0.1) is 0 Å². The van der Waals surface area contributed by atoms with Gasteiger partial charge in [0.25, 0.3) is 5.91 Å². The molecule has 0 saturated carbocycles. The van der Waals surface area contributed by atoms with E-state index in [2.05, 4.69) is 11.6 Å². The number of thioether (sulfide) groups is 1. The maximum atomic E-state index is 10.8. The first kappa shape index (κ1) is 7.08. The maximum Gasteiger partial charge on any atom is 0.286 e. The van der Waals surface area contributed by atoms with Gasteiger partial charge in [0, 0.05) is 0 Å². The van der Waals surface area contributed by atoms with E-state index in [9.17, 15) is 4.79 Å². The first-order valence-corrected chi connectivity index (χ1v) is 3.45. The number of allylic oxidation sites excluding steroid dienone is 2. The highest BCUT2D eigenvalue weighted by Gasteiger charge is 2.17. The number of amidine groups is 1. The lowest BCUT2D eigenvalue weighted by molar-refractivity contribution is -0.113. The Morgan fingerprint density at radius 2 is 2.40 bits per heavy atom. The number of aliphatic imine (C=N–C) groups is 1. The largest absolute Gasteiger partial charge is 0.378 e. The number of carbonyl (C=O) groups excluding carboxylic acids is 1. The van der Waals surface area contributed by atoms with E-state index in [4.69, 9.17) is 5.73 Å². The first-order valence-electron chi connectivity index (χ1n) is 2.63. The quantitative estimate of drug-likeness (QED) is 0.564. The Hall–Kier alpha value is -1.03. The van der Waals surface area contributed by atoms with E-state index in [-0.39, 0.29) is 5.91 Å². The average Bonchev–Trinajstić information content (AvgIpc) is 2.13. The van der Waals surface area contributed by atoms with Crippen LogP contribution in [0.25, 0.3) is 0 Å². The van der Waals surface area contributed by atoms with Gasteiger partial charge in [0.1, 0.15) is 0 Å². The summed E-state index contributed by atoms with van der Waals surface area (Å²) < 4.78 is 0. The third kappa shape index (κ3) is 1.27. The SMILES string of the molecule is C=CC=C1SC(N)=NC1=O. The smallest absolute Gasteiger partial charge is 0.286 e. The Bertz CT molecular complexity index is 242. The molecule has 1 heterocycles. The number of amides is 1. The van der Waals surface area contributed by atoms with Crippen LogP contribution in [0.2, 0.25) is 0 Å². The Balaban J connectivity index is 2.82. The zero-order valence-corrected chi connectivity index (χ0v) is 6.02. The van der Waals surface area contributed by atoms with Crippen molar-refractivity contribution >= 4 is 22.8 Å². The molecule has 0 spiro atoms. The molecular weight excluding hydrogens is 148 g/mol. The van der Waals surface area contributed by atoms with Crippen molar-refractivity contribution in [1.29, 1.82) is 0 Å². The molecule has 2 N–H and O–H groups in total. The third-order valence-electron chi connectivity index (χ3n) is 0.906. The zero-order valence-electron chi connectivity index (χ0n) is 5.20. The van der Waals surface area contributed by atoms with Crippen LogP contribution in [-0.4, -0.2) is 11.1 Å². The van der Waals surface area contributed by atoms with Crippen LogP contribution in [0.1, 0.15) is 0 Å². The van der Waals surface area contributed by atoms with Crippen molar-refractivity contribution in [1.82, 2.24) is 0 Å². The summed E-state index contributed by atoms with van der Waals surface area (Å²) in [5.41, 5.74) is 5.26. The number of carbonyl (C=O) groups is 1. The third-order valence-corrected chi connectivity index (χ3v) is 1.74. The highest BCUT2D eigenvalue weighted by atomic mass is 32.2. The van der Waals surface area contributed by atoms with Crippen LogP contribution < -0.4 is 5.73 Å². The van der Waals surface area contributed by atoms with Gasteiger partial charge in [-0.25, -0.2) is 0 Å². The molecule has 0 aromatic heterocycles. The second-order valence-electron chi connectivity index (χ2n) is 1.62. The second-order valence-corrected chi connectivity index (χ2v) is 2.69. The van der Waals surface area contributed by atoms with Crippen molar-refractivity contribution in [2.45, 2.75) is 0 Å². The van der Waals surface area contributed by atoms with Crippen molar-refractivity contribution in [3.05, 3.63) is 23.6 Å². The predicted molar refractivity (Wildman–Crippen MR) is 42.5 cm³/mol. The van der Waals surface area contributed by atoms with Gasteiger partial charge >= 0.3 is 0 Å². The number of nitrogens with zero attached hydrogens (tertiary/aromatic N) is 1. The molecule has 1 rings (SSSR count). The molecule has 0 aromatic carbocycles. The summed E-state index contributed by atoms with van der Waals surface area (Å²) in [7, 11) is 0. The number of hydrogen-bond acceptors (Lipinski definition) is 3. The van der Waals surface area contributed by atoms with Gasteiger partial charge in [-0.3, -0.25) is 4.79 Å². The molecule has 3 nitrogen and oxygen atoms in total. The summed E-state index contributed by atoms with van der Waals surface area (Å²) in [6.07, 6.45) is 3.13. The summed E-state index contributed by atoms with van der Waals surface area (Å²) in [6, 6.07) is 0. The van der Waals surface area contributed by atoms with E-state index < -0.39 is 0 Å². The molecule has 0 radical (unpaired) electrons. The molecule has 0 bridgehead atoms. The summed E-state index contributed by atoms with van der Waals surface area (Å²) in [4.78, 5) is 14.8. The minimum absolute atomic E-state index is 0.276. The second kappa shape index (κ2) is 2.70. The van der Waals surface area contributed by atoms with Crippen molar-refractivity contribution < 1.29 is 4.79 Å². The van der Waals surface area contributed by atoms with E-state index in [0.29, 0.717) is 10.1 Å². The van der Waals surface area contributed by atoms with E-state index in [0.717, 1.165) is 0 Å². The van der Waals surface area contributed by atoms with Crippen molar-refractivity contribution in [2.24, 2.45) is 10.7 Å². The van der Waals surface area contributed by atoms with E-state index in [1.54, 1.807) is 6.08 Å². The molecule has 1 amide bonds. The topological polar surface area (TPSA) is 55.4 Å². The molecule has 10 heavy (non-hydrogen) atoms. The monoisotopic (exact) mass is 154 g/mol. The van der Waals surface area contributed by atoms with Gasteiger partial charge in [0.2, 0.25) is 0 Å². The molecule has 0 aromatic rings. The minimum Gasteiger partial charge on any atom is -0.378 e. The average molecular weight is 154 g/mol. The minimum atomic E-state index is -0.276. The lowest BCUT2D eigenvalue weighted by Crippen LogP contribution is -2.01. The highest BCUT2D eigenvalue weighted by Crippen LogP contribution is 2.23. The van der Waals surface area contributed by atoms with Crippen LogP contribution in [0, 0.1) is 0 Å². The van der Waals surface area contributed by atoms with Gasteiger partial charge in [0.15, 0.2) is 5.17 Å². The van der Waals surface area contributed by atoms with Gasteiger partial charge in [-0.05, 0) is 17.8 Å². The van der Waals surface area contributed by atoms with Gasteiger partial charge in [0.05, 0.1) is 4.91 Å². The van der Waals surface area contributed by atoms with Crippen molar-refractivity contribution in [2.75, 3.05) is 0 Å². The van der Waals surface area contributed by atoms with Crippen LogP contribution in [0.5, 0.6) is 0 Å². The van der Waals surface area contributed by atoms with Crippen LogP contribution >= 0.6 is 11.8 Å². The maximum absolute atomic E-state index is 10.8. The Morgan fingerprint density at radius 3 is 2.80 bits per heavy atom. The fraction of sp³-hybridized carbons (Fsp3) is 0. The predicted octanol–water partition coefficient (Wildman–Crippen LogP) is 0.644. The highest BCUT2D eigenvalue weighted by molar-refractivity contribution is 8.18. The molecule has 0 aliphatic carbocycles. The lowest BCUT2D eigenvalue weighted by Gasteiger charge is -1.85. The first-order chi connectivity index (χ1) is 4.74. The molecular formula is C6H6N2OS. The molecule has 0 unspecified atom stereocenters. The summed E-state index contributed by atoms with van der Waals surface area (Å²) in [5, 5.41) is 0.304. The van der Waals surface area contributed by atoms with E-state index in [1.807, 2.05) is 0 Å². The van der Waals surface area contributed by atoms with Gasteiger partial charge in [-0.2, -0.15) is 4.99 Å². The van der Waals surface area contributed by atoms with Crippen LogP contribution in [0.4, 0.5) is 0 Å². The molecule has 1 aliphatic heterocycles. The van der Waals surface area contributed by atoms with Crippen LogP contribution in [0.3, 0.4) is 0 Å². The van der Waals surface area contributed by atoms with Crippen LogP contribution in [0.15, 0.2) is 28.6 Å². The summed E-state index contributed by atoms with van der Waals surface area (Å²) in [5.74, 6) is -0.276. The fourth-order valence-corrected chi connectivity index (χ4v) is 1.20. The normalized spacial score (nSPS) is 21.4. The van der Waals surface area contributed by atoms with Crippen molar-refractivity contribution in [3.8, 4) is 0 Å². The molecule has 0 saturated heterocycles. The van der Waals surface area contributed by atoms with E-state index in [1.165, 1.54) is 17.8 Å². The standard InChI is InChI=1S/C6H6N2OS/c1-2-3-4-5(9)8-6(7)10-4/h2-3H,1H2,(H2,7,8,9). The Kier molecular flexibility index (Phi) is 1.91. The summed E-state index contributed by atoms with van der Waals surface area (Å²) >= 11 is 1.17. The number of rotatable bonds is 1. The van der Waals surface area contributed by atoms with E-state index >= 15 is 0 Å². The zero-order chi connectivity index (χ0) is 7.56. The Morgan fingerprint density at radius 1 is 1.70 bits per heavy atom. The summed E-state index contributed by atoms with van der Waals surface area (Å²) in [6.45, 7) is 3.45. The lowest BCUT2D eigenvalue weighted by atomic mass is 10.5. The number of hydrogen-bond donors (Lipinski definition) is 1. The molecule has 4 heteroatoms. The fourth-order valence-electron chi connectivity index (χ4n) is 0.547. The van der Waals surface area contributed by atoms with Gasteiger partial charge < -0.3 is 5.73 Å². The molecule has 0 fully saturated rings. The number of nitrogens with two attached hydrogens (primary N) is 1.